The first-order valence-corrected chi connectivity index (χ1v) is 6.24. The normalized spacial score (nSPS) is 23.6. The van der Waals surface area contributed by atoms with Crippen molar-refractivity contribution in [1.82, 2.24) is 0 Å². The average Bonchev–Trinajstić information content (AvgIpc) is 2.32. The highest BCUT2D eigenvalue weighted by atomic mass is 35.5. The molecule has 1 aromatic carbocycles. The van der Waals surface area contributed by atoms with Gasteiger partial charge in [-0.15, -0.1) is 0 Å². The average molecular weight is 277 g/mol. The number of aliphatic hydroxyl groups is 2. The maximum Gasteiger partial charge on any atom is 0.248 e. The largest absolute Gasteiger partial charge is 0.387 e. The summed E-state index contributed by atoms with van der Waals surface area (Å²) in [7, 11) is 0. The molecule has 0 aromatic heterocycles. The van der Waals surface area contributed by atoms with Gasteiger partial charge in [0, 0.05) is 17.9 Å². The summed E-state index contributed by atoms with van der Waals surface area (Å²) in [5, 5.41) is 20.9. The molecule has 1 saturated carbocycles. The molecule has 2 nitrogen and oxygen atoms in total. The van der Waals surface area contributed by atoms with Crippen LogP contribution in [0.25, 0.3) is 0 Å². The van der Waals surface area contributed by atoms with Gasteiger partial charge >= 0.3 is 0 Å². The third kappa shape index (κ3) is 2.82. The van der Waals surface area contributed by atoms with E-state index in [-0.39, 0.29) is 12.8 Å². The first kappa shape index (κ1) is 13.7. The molecule has 0 bridgehead atoms. The molecule has 0 saturated heterocycles. The van der Waals surface area contributed by atoms with E-state index in [1.54, 1.807) is 18.2 Å². The van der Waals surface area contributed by atoms with Gasteiger partial charge in [0.15, 0.2) is 0 Å². The Morgan fingerprint density at radius 1 is 1.17 bits per heavy atom. The van der Waals surface area contributed by atoms with E-state index < -0.39 is 30.5 Å². The lowest BCUT2D eigenvalue weighted by Gasteiger charge is -2.39. The smallest absolute Gasteiger partial charge is 0.248 e. The lowest BCUT2D eigenvalue weighted by molar-refractivity contribution is -0.150. The second kappa shape index (κ2) is 4.76. The van der Waals surface area contributed by atoms with Crippen LogP contribution in [0, 0.1) is 0 Å². The predicted octanol–water partition coefficient (Wildman–Crippen LogP) is 3.31. The Labute approximate surface area is 109 Å². The SMILES string of the molecule is OC(c1cccc(Cl)c1)C1(O)CCC(F)(F)CC1. The molecule has 1 atom stereocenters. The first-order chi connectivity index (χ1) is 8.32. The van der Waals surface area contributed by atoms with E-state index in [9.17, 15) is 19.0 Å². The minimum absolute atomic E-state index is 0.117. The van der Waals surface area contributed by atoms with Crippen molar-refractivity contribution in [2.75, 3.05) is 0 Å². The van der Waals surface area contributed by atoms with E-state index in [0.717, 1.165) is 0 Å². The van der Waals surface area contributed by atoms with Gasteiger partial charge < -0.3 is 10.2 Å². The van der Waals surface area contributed by atoms with Crippen LogP contribution in [-0.2, 0) is 0 Å². The van der Waals surface area contributed by atoms with Crippen LogP contribution in [-0.4, -0.2) is 21.7 Å². The molecular weight excluding hydrogens is 262 g/mol. The molecule has 1 aliphatic carbocycles. The molecule has 0 amide bonds. The highest BCUT2D eigenvalue weighted by molar-refractivity contribution is 6.30. The van der Waals surface area contributed by atoms with Crippen LogP contribution in [0.4, 0.5) is 8.78 Å². The Kier molecular flexibility index (Phi) is 3.63. The lowest BCUT2D eigenvalue weighted by Crippen LogP contribution is -2.43. The van der Waals surface area contributed by atoms with Crippen LogP contribution in [0.2, 0.25) is 5.02 Å². The molecule has 18 heavy (non-hydrogen) atoms. The van der Waals surface area contributed by atoms with Crippen molar-refractivity contribution in [1.29, 1.82) is 0 Å². The molecule has 1 aromatic rings. The summed E-state index contributed by atoms with van der Waals surface area (Å²) >= 11 is 5.81. The molecule has 1 aliphatic rings. The molecule has 100 valence electrons. The van der Waals surface area contributed by atoms with Gasteiger partial charge in [-0.05, 0) is 30.5 Å². The predicted molar refractivity (Wildman–Crippen MR) is 64.8 cm³/mol. The number of hydrogen-bond donors (Lipinski definition) is 2. The van der Waals surface area contributed by atoms with E-state index in [1.807, 2.05) is 0 Å². The fourth-order valence-corrected chi connectivity index (χ4v) is 2.51. The second-order valence-electron chi connectivity index (χ2n) is 4.92. The van der Waals surface area contributed by atoms with E-state index >= 15 is 0 Å². The number of hydrogen-bond acceptors (Lipinski definition) is 2. The molecule has 1 unspecified atom stereocenters. The van der Waals surface area contributed by atoms with Crippen LogP contribution in [0.3, 0.4) is 0 Å². The van der Waals surface area contributed by atoms with Gasteiger partial charge in [0.05, 0.1) is 5.60 Å². The highest BCUT2D eigenvalue weighted by Crippen LogP contribution is 2.44. The van der Waals surface area contributed by atoms with Crippen molar-refractivity contribution in [2.45, 2.75) is 43.3 Å². The zero-order valence-corrected chi connectivity index (χ0v) is 10.5. The first-order valence-electron chi connectivity index (χ1n) is 5.86. The summed E-state index contributed by atoms with van der Waals surface area (Å²) in [6, 6.07) is 6.47. The zero-order valence-electron chi connectivity index (χ0n) is 9.74. The summed E-state index contributed by atoms with van der Waals surface area (Å²) in [5.74, 6) is -2.74. The van der Waals surface area contributed by atoms with Crippen molar-refractivity contribution in [3.63, 3.8) is 0 Å². The van der Waals surface area contributed by atoms with E-state index in [2.05, 4.69) is 0 Å². The van der Waals surface area contributed by atoms with Crippen molar-refractivity contribution in [2.24, 2.45) is 0 Å². The minimum atomic E-state index is -2.74. The van der Waals surface area contributed by atoms with E-state index in [1.165, 1.54) is 6.07 Å². The molecule has 0 spiro atoms. The van der Waals surface area contributed by atoms with E-state index in [4.69, 9.17) is 11.6 Å². The summed E-state index contributed by atoms with van der Waals surface area (Å²) in [6.07, 6.45) is -2.23. The molecule has 0 radical (unpaired) electrons. The van der Waals surface area contributed by atoms with Gasteiger partial charge in [0.2, 0.25) is 5.92 Å². The molecule has 2 N–H and O–H groups in total. The van der Waals surface area contributed by atoms with Crippen LogP contribution in [0.5, 0.6) is 0 Å². The number of rotatable bonds is 2. The number of benzene rings is 1. The van der Waals surface area contributed by atoms with Crippen molar-refractivity contribution in [3.8, 4) is 0 Å². The Morgan fingerprint density at radius 2 is 1.78 bits per heavy atom. The second-order valence-corrected chi connectivity index (χ2v) is 5.35. The zero-order chi connectivity index (χ0) is 13.4. The number of aliphatic hydroxyl groups excluding tert-OH is 1. The molecule has 0 aliphatic heterocycles. The summed E-state index contributed by atoms with van der Waals surface area (Å²) in [4.78, 5) is 0. The van der Waals surface area contributed by atoms with Gasteiger partial charge in [-0.1, -0.05) is 23.7 Å². The maximum atomic E-state index is 13.1. The quantitative estimate of drug-likeness (QED) is 0.870. The Morgan fingerprint density at radius 3 is 2.33 bits per heavy atom. The van der Waals surface area contributed by atoms with Crippen molar-refractivity contribution >= 4 is 11.6 Å². The number of halogens is 3. The van der Waals surface area contributed by atoms with Crippen molar-refractivity contribution < 1.29 is 19.0 Å². The van der Waals surface area contributed by atoms with Gasteiger partial charge in [-0.3, -0.25) is 0 Å². The van der Waals surface area contributed by atoms with Gasteiger partial charge in [-0.25, -0.2) is 8.78 Å². The summed E-state index contributed by atoms with van der Waals surface area (Å²) in [6.45, 7) is 0. The van der Waals surface area contributed by atoms with Gasteiger partial charge in [0.25, 0.3) is 0 Å². The standard InChI is InChI=1S/C13H15ClF2O2/c14-10-3-1-2-9(8-10)11(17)12(18)4-6-13(15,16)7-5-12/h1-3,8,11,17-18H,4-7H2. The fourth-order valence-electron chi connectivity index (χ4n) is 2.31. The molecule has 2 rings (SSSR count). The van der Waals surface area contributed by atoms with Crippen molar-refractivity contribution in [3.05, 3.63) is 34.9 Å². The molecule has 5 heteroatoms. The fraction of sp³-hybridized carbons (Fsp3) is 0.538. The maximum absolute atomic E-state index is 13.1. The Hall–Kier alpha value is -0.710. The van der Waals surface area contributed by atoms with Gasteiger partial charge in [-0.2, -0.15) is 0 Å². The van der Waals surface area contributed by atoms with Crippen LogP contribution in [0.15, 0.2) is 24.3 Å². The van der Waals surface area contributed by atoms with Gasteiger partial charge in [0.1, 0.15) is 6.10 Å². The monoisotopic (exact) mass is 276 g/mol. The topological polar surface area (TPSA) is 40.5 Å². The van der Waals surface area contributed by atoms with E-state index in [0.29, 0.717) is 10.6 Å². The number of alkyl halides is 2. The highest BCUT2D eigenvalue weighted by Gasteiger charge is 2.46. The summed E-state index contributed by atoms with van der Waals surface area (Å²) in [5.41, 5.74) is -1.04. The van der Waals surface area contributed by atoms with Crippen LogP contribution >= 0.6 is 11.6 Å². The summed E-state index contributed by atoms with van der Waals surface area (Å²) < 4.78 is 26.1. The third-order valence-corrected chi connectivity index (χ3v) is 3.76. The molecule has 1 fully saturated rings. The van der Waals surface area contributed by atoms with Crippen LogP contribution in [0.1, 0.15) is 37.4 Å². The Balaban J connectivity index is 2.16. The lowest BCUT2D eigenvalue weighted by atomic mass is 9.77. The minimum Gasteiger partial charge on any atom is -0.387 e. The van der Waals surface area contributed by atoms with Crippen LogP contribution < -0.4 is 0 Å². The molecule has 0 heterocycles. The molecular formula is C13H15ClF2O2. The Bertz CT molecular complexity index is 427. The third-order valence-electron chi connectivity index (χ3n) is 3.52.